The molecule has 118 valence electrons. The van der Waals surface area contributed by atoms with E-state index in [1.807, 2.05) is 0 Å². The van der Waals surface area contributed by atoms with Gasteiger partial charge in [-0.25, -0.2) is 21.6 Å². The number of rotatable bonds is 5. The van der Waals surface area contributed by atoms with E-state index in [-0.39, 0.29) is 28.0 Å². The third-order valence-corrected chi connectivity index (χ3v) is 6.81. The van der Waals surface area contributed by atoms with Crippen LogP contribution in [0.25, 0.3) is 0 Å². The first-order chi connectivity index (χ1) is 9.73. The molecule has 0 aromatic heterocycles. The second-order valence-electron chi connectivity index (χ2n) is 5.11. The number of nitrogens with two attached hydrogens (primary N) is 1. The van der Waals surface area contributed by atoms with E-state index in [1.54, 1.807) is 6.07 Å². The van der Waals surface area contributed by atoms with Crippen LogP contribution in [0.1, 0.15) is 6.42 Å². The molecule has 0 radical (unpaired) electrons. The molecule has 1 aliphatic heterocycles. The van der Waals surface area contributed by atoms with Crippen LogP contribution in [0.4, 0.5) is 11.4 Å². The molecule has 1 unspecified atom stereocenters. The molecule has 1 saturated heterocycles. The molecule has 0 spiro atoms. The first-order valence-electron chi connectivity index (χ1n) is 6.51. The number of nitrogens with one attached hydrogen (secondary N) is 2. The Morgan fingerprint density at radius 1 is 1.38 bits per heavy atom. The van der Waals surface area contributed by atoms with Crippen molar-refractivity contribution >= 4 is 31.2 Å². The lowest BCUT2D eigenvalue weighted by molar-refractivity contribution is 0.588. The molecule has 2 rings (SSSR count). The smallest absolute Gasteiger partial charge is 0.242 e. The number of benzene rings is 1. The molecular formula is C12H19N3O4S2. The fourth-order valence-corrected chi connectivity index (χ4v) is 5.01. The predicted molar refractivity (Wildman–Crippen MR) is 82.4 cm³/mol. The van der Waals surface area contributed by atoms with Gasteiger partial charge in [-0.2, -0.15) is 0 Å². The van der Waals surface area contributed by atoms with Gasteiger partial charge in [0, 0.05) is 12.2 Å². The Labute approximate surface area is 124 Å². The Morgan fingerprint density at radius 2 is 2.10 bits per heavy atom. The Kier molecular flexibility index (Phi) is 4.45. The van der Waals surface area contributed by atoms with Crippen molar-refractivity contribution in [3.05, 3.63) is 18.2 Å². The van der Waals surface area contributed by atoms with Crippen LogP contribution in [-0.2, 0) is 19.9 Å². The number of anilines is 2. The molecule has 1 aromatic carbocycles. The summed E-state index contributed by atoms with van der Waals surface area (Å²) in [5.41, 5.74) is 6.57. The third kappa shape index (κ3) is 3.86. The highest BCUT2D eigenvalue weighted by Gasteiger charge is 2.27. The van der Waals surface area contributed by atoms with Crippen LogP contribution >= 0.6 is 0 Å². The molecule has 9 heteroatoms. The Balaban J connectivity index is 2.05. The molecule has 4 N–H and O–H groups in total. The van der Waals surface area contributed by atoms with E-state index in [1.165, 1.54) is 19.2 Å². The summed E-state index contributed by atoms with van der Waals surface area (Å²) >= 11 is 0. The molecule has 1 fully saturated rings. The Hall–Kier alpha value is -1.32. The minimum Gasteiger partial charge on any atom is -0.398 e. The van der Waals surface area contributed by atoms with Crippen molar-refractivity contribution < 1.29 is 16.8 Å². The quantitative estimate of drug-likeness (QED) is 0.654. The molecule has 1 atom stereocenters. The zero-order chi connectivity index (χ0) is 15.7. The van der Waals surface area contributed by atoms with Crippen molar-refractivity contribution in [1.29, 1.82) is 0 Å². The van der Waals surface area contributed by atoms with Gasteiger partial charge in [0.1, 0.15) is 4.90 Å². The number of hydrogen-bond acceptors (Lipinski definition) is 6. The summed E-state index contributed by atoms with van der Waals surface area (Å²) in [6.07, 6.45) is 0.650. The molecule has 1 aliphatic rings. The van der Waals surface area contributed by atoms with E-state index in [0.717, 1.165) is 0 Å². The fraction of sp³-hybridized carbons (Fsp3) is 0.500. The molecule has 7 nitrogen and oxygen atoms in total. The standard InChI is InChI=1S/C12H19N3O4S2/c1-14-21(18,19)12-3-2-10(6-11(12)13)15-7-9-4-5-20(16,17)8-9/h2-3,6,9,14-15H,4-5,7-8,13H2,1H3. The van der Waals surface area contributed by atoms with E-state index in [2.05, 4.69) is 10.0 Å². The summed E-state index contributed by atoms with van der Waals surface area (Å²) in [5, 5.41) is 3.10. The molecule has 0 saturated carbocycles. The maximum Gasteiger partial charge on any atom is 0.242 e. The first-order valence-corrected chi connectivity index (χ1v) is 9.81. The largest absolute Gasteiger partial charge is 0.398 e. The zero-order valence-electron chi connectivity index (χ0n) is 11.7. The summed E-state index contributed by atoms with van der Waals surface area (Å²) in [6, 6.07) is 4.58. The van der Waals surface area contributed by atoms with Gasteiger partial charge < -0.3 is 11.1 Å². The van der Waals surface area contributed by atoms with E-state index < -0.39 is 19.9 Å². The van der Waals surface area contributed by atoms with Gasteiger partial charge in [-0.1, -0.05) is 0 Å². The van der Waals surface area contributed by atoms with Crippen LogP contribution in [-0.4, -0.2) is 41.9 Å². The topological polar surface area (TPSA) is 118 Å². The van der Waals surface area contributed by atoms with E-state index >= 15 is 0 Å². The lowest BCUT2D eigenvalue weighted by Crippen LogP contribution is -2.20. The van der Waals surface area contributed by atoms with Gasteiger partial charge in [-0.15, -0.1) is 0 Å². The average Bonchev–Trinajstić information content (AvgIpc) is 2.76. The second-order valence-corrected chi connectivity index (χ2v) is 9.19. The lowest BCUT2D eigenvalue weighted by atomic mass is 10.1. The first kappa shape index (κ1) is 16.1. The number of sulfone groups is 1. The molecule has 21 heavy (non-hydrogen) atoms. The van der Waals surface area contributed by atoms with Gasteiger partial charge >= 0.3 is 0 Å². The van der Waals surface area contributed by atoms with Crippen LogP contribution in [0.3, 0.4) is 0 Å². The highest BCUT2D eigenvalue weighted by molar-refractivity contribution is 7.91. The maximum atomic E-state index is 11.7. The van der Waals surface area contributed by atoms with Crippen LogP contribution in [0.2, 0.25) is 0 Å². The van der Waals surface area contributed by atoms with Gasteiger partial charge in [-0.3, -0.25) is 0 Å². The lowest BCUT2D eigenvalue weighted by Gasteiger charge is -2.13. The van der Waals surface area contributed by atoms with Crippen molar-refractivity contribution in [2.24, 2.45) is 5.92 Å². The summed E-state index contributed by atoms with van der Waals surface area (Å²) < 4.78 is 48.3. The summed E-state index contributed by atoms with van der Waals surface area (Å²) in [7, 11) is -5.14. The van der Waals surface area contributed by atoms with E-state index in [4.69, 9.17) is 5.73 Å². The van der Waals surface area contributed by atoms with Crippen molar-refractivity contribution in [3.63, 3.8) is 0 Å². The maximum absolute atomic E-state index is 11.7. The molecule has 1 heterocycles. The predicted octanol–water partition coefficient (Wildman–Crippen LogP) is 0.0235. The molecule has 1 aromatic rings. The summed E-state index contributed by atoms with van der Waals surface area (Å²) in [5.74, 6) is 0.514. The normalized spacial score (nSPS) is 21.3. The fourth-order valence-electron chi connectivity index (χ4n) is 2.31. The SMILES string of the molecule is CNS(=O)(=O)c1ccc(NCC2CCS(=O)(=O)C2)cc1N. The van der Waals surface area contributed by atoms with Crippen LogP contribution in [0.5, 0.6) is 0 Å². The Morgan fingerprint density at radius 3 is 2.62 bits per heavy atom. The van der Waals surface area contributed by atoms with Crippen molar-refractivity contribution in [2.75, 3.05) is 36.1 Å². The number of nitrogen functional groups attached to an aromatic ring is 1. The molecule has 0 aliphatic carbocycles. The minimum absolute atomic E-state index is 0.0268. The van der Waals surface area contributed by atoms with Crippen LogP contribution < -0.4 is 15.8 Å². The average molecular weight is 333 g/mol. The Bertz CT molecular complexity index is 729. The van der Waals surface area contributed by atoms with Crippen molar-refractivity contribution in [2.45, 2.75) is 11.3 Å². The van der Waals surface area contributed by atoms with Gasteiger partial charge in [0.25, 0.3) is 0 Å². The monoisotopic (exact) mass is 333 g/mol. The number of hydrogen-bond donors (Lipinski definition) is 3. The summed E-state index contributed by atoms with van der Waals surface area (Å²) in [6.45, 7) is 0.525. The number of sulfonamides is 1. The summed E-state index contributed by atoms with van der Waals surface area (Å²) in [4.78, 5) is 0.0268. The second kappa shape index (κ2) is 5.82. The highest BCUT2D eigenvalue weighted by Crippen LogP contribution is 2.24. The molecule has 0 bridgehead atoms. The highest BCUT2D eigenvalue weighted by atomic mass is 32.2. The van der Waals surface area contributed by atoms with Gasteiger partial charge in [0.2, 0.25) is 10.0 Å². The van der Waals surface area contributed by atoms with Gasteiger partial charge in [0.15, 0.2) is 9.84 Å². The molecular weight excluding hydrogens is 314 g/mol. The molecule has 0 amide bonds. The van der Waals surface area contributed by atoms with Crippen molar-refractivity contribution in [1.82, 2.24) is 4.72 Å². The minimum atomic E-state index is -3.57. The van der Waals surface area contributed by atoms with E-state index in [9.17, 15) is 16.8 Å². The van der Waals surface area contributed by atoms with Crippen LogP contribution in [0, 0.1) is 5.92 Å². The van der Waals surface area contributed by atoms with Gasteiger partial charge in [-0.05, 0) is 37.6 Å². The van der Waals surface area contributed by atoms with Gasteiger partial charge in [0.05, 0.1) is 17.2 Å². The van der Waals surface area contributed by atoms with Crippen LogP contribution in [0.15, 0.2) is 23.1 Å². The third-order valence-electron chi connectivity index (χ3n) is 3.49. The van der Waals surface area contributed by atoms with E-state index in [0.29, 0.717) is 18.7 Å². The van der Waals surface area contributed by atoms with Crippen molar-refractivity contribution in [3.8, 4) is 0 Å². The zero-order valence-corrected chi connectivity index (χ0v) is 13.3.